The first-order valence-electron chi connectivity index (χ1n) is 4.96. The molecule has 0 spiro atoms. The van der Waals surface area contributed by atoms with Gasteiger partial charge in [0.1, 0.15) is 23.1 Å². The number of hydrogen-bond acceptors (Lipinski definition) is 3. The summed E-state index contributed by atoms with van der Waals surface area (Å²) in [6, 6.07) is 7.69. The van der Waals surface area contributed by atoms with Gasteiger partial charge in [-0.3, -0.25) is 0 Å². The number of pyridine rings is 1. The molecule has 0 atom stereocenters. The molecule has 1 aromatic heterocycles. The van der Waals surface area contributed by atoms with E-state index in [1.54, 1.807) is 31.4 Å². The third-order valence-corrected chi connectivity index (χ3v) is 2.42. The predicted molar refractivity (Wildman–Crippen MR) is 65.3 cm³/mol. The lowest BCUT2D eigenvalue weighted by Crippen LogP contribution is -1.92. The lowest BCUT2D eigenvalue weighted by Gasteiger charge is -2.07. The fraction of sp³-hybridized carbons (Fsp3) is 0.0833. The quantitative estimate of drug-likeness (QED) is 0.904. The third kappa shape index (κ3) is 2.85. The van der Waals surface area contributed by atoms with Gasteiger partial charge in [0, 0.05) is 25.4 Å². The van der Waals surface area contributed by atoms with Gasteiger partial charge >= 0.3 is 0 Å². The number of anilines is 1. The van der Waals surface area contributed by atoms with Crippen LogP contribution in [0.3, 0.4) is 0 Å². The van der Waals surface area contributed by atoms with E-state index in [0.29, 0.717) is 17.3 Å². The molecule has 0 saturated heterocycles. The molecule has 0 radical (unpaired) electrons. The lowest BCUT2D eigenvalue weighted by molar-refractivity contribution is 0.476. The van der Waals surface area contributed by atoms with Crippen LogP contribution in [0, 0.1) is 5.82 Å². The van der Waals surface area contributed by atoms with Crippen molar-refractivity contribution in [2.24, 2.45) is 0 Å². The SMILES string of the molecule is CNc1cc(Oc2ccc(Cl)c(F)c2)ccn1. The molecule has 1 heterocycles. The largest absolute Gasteiger partial charge is 0.457 e. The molecular formula is C12H10ClFN2O. The summed E-state index contributed by atoms with van der Waals surface area (Å²) < 4.78 is 18.7. The Balaban J connectivity index is 2.22. The molecule has 1 N–H and O–H groups in total. The lowest BCUT2D eigenvalue weighted by atomic mass is 10.3. The molecule has 2 aromatic rings. The summed E-state index contributed by atoms with van der Waals surface area (Å²) in [5, 5.41) is 2.96. The average Bonchev–Trinajstić information content (AvgIpc) is 2.34. The van der Waals surface area contributed by atoms with Gasteiger partial charge in [0.25, 0.3) is 0 Å². The van der Waals surface area contributed by atoms with Crippen LogP contribution in [0.15, 0.2) is 36.5 Å². The summed E-state index contributed by atoms with van der Waals surface area (Å²) in [6.45, 7) is 0. The molecule has 0 aliphatic heterocycles. The minimum absolute atomic E-state index is 0.0722. The summed E-state index contributed by atoms with van der Waals surface area (Å²) in [5.41, 5.74) is 0. The van der Waals surface area contributed by atoms with E-state index in [4.69, 9.17) is 16.3 Å². The normalized spacial score (nSPS) is 10.1. The number of rotatable bonds is 3. The van der Waals surface area contributed by atoms with Crippen LogP contribution in [0.1, 0.15) is 0 Å². The van der Waals surface area contributed by atoms with Gasteiger partial charge in [-0.2, -0.15) is 0 Å². The number of halogens is 2. The topological polar surface area (TPSA) is 34.1 Å². The van der Waals surface area contributed by atoms with Gasteiger partial charge in [0.2, 0.25) is 0 Å². The molecule has 0 aliphatic rings. The van der Waals surface area contributed by atoms with E-state index in [2.05, 4.69) is 10.3 Å². The standard InChI is InChI=1S/C12H10ClFN2O/c1-15-12-7-9(4-5-16-12)17-8-2-3-10(13)11(14)6-8/h2-7H,1H3,(H,15,16). The first-order chi connectivity index (χ1) is 8.19. The number of aromatic nitrogens is 1. The molecule has 0 saturated carbocycles. The molecule has 3 nitrogen and oxygen atoms in total. The molecule has 0 bridgehead atoms. The monoisotopic (exact) mass is 252 g/mol. The molecule has 0 aliphatic carbocycles. The van der Waals surface area contributed by atoms with Crippen LogP contribution in [0.25, 0.3) is 0 Å². The smallest absolute Gasteiger partial charge is 0.145 e. The Kier molecular flexibility index (Phi) is 3.44. The van der Waals surface area contributed by atoms with Crippen molar-refractivity contribution in [3.63, 3.8) is 0 Å². The van der Waals surface area contributed by atoms with Crippen molar-refractivity contribution in [2.45, 2.75) is 0 Å². The van der Waals surface area contributed by atoms with Crippen molar-refractivity contribution in [3.8, 4) is 11.5 Å². The van der Waals surface area contributed by atoms with E-state index in [1.165, 1.54) is 12.1 Å². The second-order valence-electron chi connectivity index (χ2n) is 3.30. The van der Waals surface area contributed by atoms with Crippen LogP contribution in [0.4, 0.5) is 10.2 Å². The van der Waals surface area contributed by atoms with Crippen molar-refractivity contribution in [2.75, 3.05) is 12.4 Å². The summed E-state index contributed by atoms with van der Waals surface area (Å²) in [5.74, 6) is 1.13. The first-order valence-corrected chi connectivity index (χ1v) is 5.33. The minimum atomic E-state index is -0.507. The number of ether oxygens (including phenoxy) is 1. The number of nitrogens with one attached hydrogen (secondary N) is 1. The predicted octanol–water partition coefficient (Wildman–Crippen LogP) is 3.71. The molecule has 0 fully saturated rings. The number of benzene rings is 1. The van der Waals surface area contributed by atoms with Gasteiger partial charge in [-0.25, -0.2) is 9.37 Å². The molecule has 17 heavy (non-hydrogen) atoms. The van der Waals surface area contributed by atoms with Crippen LogP contribution >= 0.6 is 11.6 Å². The molecule has 0 amide bonds. The van der Waals surface area contributed by atoms with Crippen molar-refractivity contribution < 1.29 is 9.13 Å². The van der Waals surface area contributed by atoms with Crippen LogP contribution in [-0.4, -0.2) is 12.0 Å². The van der Waals surface area contributed by atoms with Crippen molar-refractivity contribution in [1.82, 2.24) is 4.98 Å². The summed E-state index contributed by atoms with van der Waals surface area (Å²) in [6.07, 6.45) is 1.60. The Bertz CT molecular complexity index is 534. The van der Waals surface area contributed by atoms with E-state index in [-0.39, 0.29) is 5.02 Å². The molecule has 0 unspecified atom stereocenters. The summed E-state index contributed by atoms with van der Waals surface area (Å²) in [4.78, 5) is 4.04. The van der Waals surface area contributed by atoms with Crippen LogP contribution in [0.5, 0.6) is 11.5 Å². The Morgan fingerprint density at radius 3 is 2.71 bits per heavy atom. The van der Waals surface area contributed by atoms with Gasteiger partial charge in [0.05, 0.1) is 5.02 Å². The highest BCUT2D eigenvalue weighted by molar-refractivity contribution is 6.30. The maximum Gasteiger partial charge on any atom is 0.145 e. The van der Waals surface area contributed by atoms with Crippen molar-refractivity contribution in [1.29, 1.82) is 0 Å². The fourth-order valence-electron chi connectivity index (χ4n) is 1.29. The van der Waals surface area contributed by atoms with Gasteiger partial charge < -0.3 is 10.1 Å². The second-order valence-corrected chi connectivity index (χ2v) is 3.71. The Morgan fingerprint density at radius 1 is 1.24 bits per heavy atom. The second kappa shape index (κ2) is 5.01. The molecule has 5 heteroatoms. The zero-order valence-electron chi connectivity index (χ0n) is 9.08. The Morgan fingerprint density at radius 2 is 2.00 bits per heavy atom. The number of nitrogens with zero attached hydrogens (tertiary/aromatic N) is 1. The van der Waals surface area contributed by atoms with Gasteiger partial charge in [-0.15, -0.1) is 0 Å². The van der Waals surface area contributed by atoms with Gasteiger partial charge in [-0.1, -0.05) is 11.6 Å². The maximum absolute atomic E-state index is 13.2. The summed E-state index contributed by atoms with van der Waals surface area (Å²) >= 11 is 5.58. The van der Waals surface area contributed by atoms with Crippen LogP contribution < -0.4 is 10.1 Å². The third-order valence-electron chi connectivity index (χ3n) is 2.11. The van der Waals surface area contributed by atoms with E-state index in [0.717, 1.165) is 0 Å². The van der Waals surface area contributed by atoms with Crippen molar-refractivity contribution >= 4 is 17.4 Å². The number of hydrogen-bond donors (Lipinski definition) is 1. The van der Waals surface area contributed by atoms with Gasteiger partial charge in [-0.05, 0) is 18.2 Å². The average molecular weight is 253 g/mol. The van der Waals surface area contributed by atoms with E-state index >= 15 is 0 Å². The minimum Gasteiger partial charge on any atom is -0.457 e. The molecular weight excluding hydrogens is 243 g/mol. The highest BCUT2D eigenvalue weighted by Crippen LogP contribution is 2.26. The van der Waals surface area contributed by atoms with E-state index in [9.17, 15) is 4.39 Å². The molecule has 1 aromatic carbocycles. The zero-order chi connectivity index (χ0) is 12.3. The maximum atomic E-state index is 13.2. The van der Waals surface area contributed by atoms with Crippen molar-refractivity contribution in [3.05, 3.63) is 47.4 Å². The first kappa shape index (κ1) is 11.7. The molecule has 2 rings (SSSR count). The fourth-order valence-corrected chi connectivity index (χ4v) is 1.41. The van der Waals surface area contributed by atoms with E-state index < -0.39 is 5.82 Å². The van der Waals surface area contributed by atoms with E-state index in [1.807, 2.05) is 0 Å². The highest BCUT2D eigenvalue weighted by Gasteiger charge is 2.03. The Labute approximate surface area is 103 Å². The van der Waals surface area contributed by atoms with Crippen LogP contribution in [0.2, 0.25) is 5.02 Å². The Hall–Kier alpha value is -1.81. The van der Waals surface area contributed by atoms with Crippen LogP contribution in [-0.2, 0) is 0 Å². The highest BCUT2D eigenvalue weighted by atomic mass is 35.5. The zero-order valence-corrected chi connectivity index (χ0v) is 9.83. The summed E-state index contributed by atoms with van der Waals surface area (Å²) in [7, 11) is 1.76. The molecule has 88 valence electrons. The van der Waals surface area contributed by atoms with Gasteiger partial charge in [0.15, 0.2) is 0 Å².